The summed E-state index contributed by atoms with van der Waals surface area (Å²) < 4.78 is 0. The summed E-state index contributed by atoms with van der Waals surface area (Å²) in [7, 11) is 0. The van der Waals surface area contributed by atoms with Gasteiger partial charge < -0.3 is 0 Å². The van der Waals surface area contributed by atoms with Gasteiger partial charge in [-0.15, -0.1) is 10.2 Å². The highest BCUT2D eigenvalue weighted by Gasteiger charge is 2.20. The van der Waals surface area contributed by atoms with E-state index in [9.17, 15) is 4.79 Å². The van der Waals surface area contributed by atoms with Crippen molar-refractivity contribution in [3.63, 3.8) is 0 Å². The van der Waals surface area contributed by atoms with Crippen molar-refractivity contribution in [3.05, 3.63) is 35.1 Å². The number of nitrogens with one attached hydrogen (secondary N) is 1. The number of hydrogen-bond acceptors (Lipinski definition) is 5. The molecule has 0 aromatic carbocycles. The molecule has 104 valence electrons. The molecule has 1 saturated carbocycles. The van der Waals surface area contributed by atoms with Gasteiger partial charge in [-0.2, -0.15) is 0 Å². The SMILES string of the molecule is O=C(Nc1nnc(C2CCCCC2)s1)c1ccncc1. The summed E-state index contributed by atoms with van der Waals surface area (Å²) in [6.45, 7) is 0. The van der Waals surface area contributed by atoms with Gasteiger partial charge in [-0.1, -0.05) is 30.6 Å². The molecule has 5 nitrogen and oxygen atoms in total. The molecular weight excluding hydrogens is 272 g/mol. The zero-order chi connectivity index (χ0) is 13.8. The van der Waals surface area contributed by atoms with E-state index in [1.54, 1.807) is 24.5 Å². The van der Waals surface area contributed by atoms with Crippen LogP contribution in [0.1, 0.15) is 53.4 Å². The minimum absolute atomic E-state index is 0.168. The number of carbonyl (C=O) groups is 1. The van der Waals surface area contributed by atoms with Crippen molar-refractivity contribution in [1.82, 2.24) is 15.2 Å². The number of nitrogens with zero attached hydrogens (tertiary/aromatic N) is 3. The van der Waals surface area contributed by atoms with Crippen molar-refractivity contribution in [1.29, 1.82) is 0 Å². The molecule has 2 aromatic rings. The largest absolute Gasteiger partial charge is 0.296 e. The lowest BCUT2D eigenvalue weighted by molar-refractivity contribution is 0.102. The normalized spacial score (nSPS) is 16.0. The second-order valence-electron chi connectivity index (χ2n) is 4.97. The van der Waals surface area contributed by atoms with Gasteiger partial charge in [0.05, 0.1) is 0 Å². The first kappa shape index (κ1) is 13.2. The van der Waals surface area contributed by atoms with Crippen LogP contribution in [0.5, 0.6) is 0 Å². The first-order chi connectivity index (χ1) is 9.83. The van der Waals surface area contributed by atoms with E-state index in [1.807, 2.05) is 0 Å². The van der Waals surface area contributed by atoms with Crippen LogP contribution < -0.4 is 5.32 Å². The molecular formula is C14H16N4OS. The lowest BCUT2D eigenvalue weighted by Gasteiger charge is -2.18. The van der Waals surface area contributed by atoms with Gasteiger partial charge in [-0.25, -0.2) is 0 Å². The number of aromatic nitrogens is 3. The van der Waals surface area contributed by atoms with Gasteiger partial charge in [-0.05, 0) is 25.0 Å². The Labute approximate surface area is 121 Å². The molecule has 0 atom stereocenters. The molecule has 0 unspecified atom stereocenters. The van der Waals surface area contributed by atoms with Crippen LogP contribution in [0.2, 0.25) is 0 Å². The van der Waals surface area contributed by atoms with Crippen LogP contribution in [0.15, 0.2) is 24.5 Å². The predicted molar refractivity (Wildman–Crippen MR) is 77.9 cm³/mol. The molecule has 2 heterocycles. The fourth-order valence-electron chi connectivity index (χ4n) is 2.47. The molecule has 2 aromatic heterocycles. The molecule has 0 aliphatic heterocycles. The summed E-state index contributed by atoms with van der Waals surface area (Å²) in [6.07, 6.45) is 9.43. The van der Waals surface area contributed by atoms with E-state index in [-0.39, 0.29) is 5.91 Å². The Morgan fingerprint density at radius 2 is 1.90 bits per heavy atom. The summed E-state index contributed by atoms with van der Waals surface area (Å²) in [5, 5.41) is 12.7. The molecule has 0 saturated heterocycles. The van der Waals surface area contributed by atoms with Crippen LogP contribution in [0.4, 0.5) is 5.13 Å². The minimum atomic E-state index is -0.168. The predicted octanol–water partition coefficient (Wildman–Crippen LogP) is 3.23. The van der Waals surface area contributed by atoms with Gasteiger partial charge in [-0.3, -0.25) is 15.1 Å². The number of anilines is 1. The van der Waals surface area contributed by atoms with E-state index in [2.05, 4.69) is 20.5 Å². The third-order valence-corrected chi connectivity index (χ3v) is 4.56. The van der Waals surface area contributed by atoms with Gasteiger partial charge in [0.1, 0.15) is 5.01 Å². The average molecular weight is 288 g/mol. The zero-order valence-corrected chi connectivity index (χ0v) is 11.9. The van der Waals surface area contributed by atoms with E-state index >= 15 is 0 Å². The Bertz CT molecular complexity index is 578. The molecule has 1 aliphatic rings. The Kier molecular flexibility index (Phi) is 4.01. The van der Waals surface area contributed by atoms with Crippen molar-refractivity contribution in [2.45, 2.75) is 38.0 Å². The van der Waals surface area contributed by atoms with Gasteiger partial charge in [0.25, 0.3) is 5.91 Å². The molecule has 20 heavy (non-hydrogen) atoms. The highest BCUT2D eigenvalue weighted by Crippen LogP contribution is 2.35. The summed E-state index contributed by atoms with van der Waals surface area (Å²) in [5.74, 6) is 0.353. The molecule has 3 rings (SSSR count). The maximum Gasteiger partial charge on any atom is 0.257 e. The van der Waals surface area contributed by atoms with Crippen LogP contribution >= 0.6 is 11.3 Å². The Balaban J connectivity index is 1.66. The topological polar surface area (TPSA) is 67.8 Å². The highest BCUT2D eigenvalue weighted by atomic mass is 32.1. The van der Waals surface area contributed by atoms with Crippen molar-refractivity contribution in [3.8, 4) is 0 Å². The average Bonchev–Trinajstić information content (AvgIpc) is 2.97. The number of rotatable bonds is 3. The second kappa shape index (κ2) is 6.09. The molecule has 1 amide bonds. The van der Waals surface area contributed by atoms with Crippen LogP contribution in [-0.2, 0) is 0 Å². The fourth-order valence-corrected chi connectivity index (χ4v) is 3.38. The Hall–Kier alpha value is -1.82. The Morgan fingerprint density at radius 3 is 2.65 bits per heavy atom. The standard InChI is InChI=1S/C14H16N4OS/c19-12(10-6-8-15-9-7-10)16-14-18-17-13(20-14)11-4-2-1-3-5-11/h6-9,11H,1-5H2,(H,16,18,19). The number of amides is 1. The summed E-state index contributed by atoms with van der Waals surface area (Å²) in [6, 6.07) is 3.36. The van der Waals surface area contributed by atoms with E-state index < -0.39 is 0 Å². The lowest BCUT2D eigenvalue weighted by atomic mass is 9.90. The second-order valence-corrected chi connectivity index (χ2v) is 5.98. The maximum atomic E-state index is 12.0. The van der Waals surface area contributed by atoms with E-state index in [0.29, 0.717) is 16.6 Å². The zero-order valence-electron chi connectivity index (χ0n) is 11.1. The van der Waals surface area contributed by atoms with Gasteiger partial charge in [0, 0.05) is 23.9 Å². The molecule has 1 aliphatic carbocycles. The third-order valence-electron chi connectivity index (χ3n) is 3.56. The van der Waals surface area contributed by atoms with Crippen LogP contribution in [0, 0.1) is 0 Å². The third kappa shape index (κ3) is 3.01. The molecule has 6 heteroatoms. The van der Waals surface area contributed by atoms with Crippen LogP contribution in [-0.4, -0.2) is 21.1 Å². The fraction of sp³-hybridized carbons (Fsp3) is 0.429. The van der Waals surface area contributed by atoms with E-state index in [1.165, 1.54) is 43.4 Å². The monoisotopic (exact) mass is 288 g/mol. The number of carbonyl (C=O) groups excluding carboxylic acids is 1. The van der Waals surface area contributed by atoms with Crippen LogP contribution in [0.25, 0.3) is 0 Å². The van der Waals surface area contributed by atoms with Gasteiger partial charge >= 0.3 is 0 Å². The highest BCUT2D eigenvalue weighted by molar-refractivity contribution is 7.15. The maximum absolute atomic E-state index is 12.0. The quantitative estimate of drug-likeness (QED) is 0.941. The number of hydrogen-bond donors (Lipinski definition) is 1. The molecule has 0 radical (unpaired) electrons. The van der Waals surface area contributed by atoms with Crippen molar-refractivity contribution in [2.75, 3.05) is 5.32 Å². The summed E-state index contributed by atoms with van der Waals surface area (Å²) >= 11 is 1.49. The first-order valence-electron chi connectivity index (χ1n) is 6.88. The van der Waals surface area contributed by atoms with Crippen LogP contribution in [0.3, 0.4) is 0 Å². The van der Waals surface area contributed by atoms with E-state index in [4.69, 9.17) is 0 Å². The van der Waals surface area contributed by atoms with Crippen molar-refractivity contribution >= 4 is 22.4 Å². The minimum Gasteiger partial charge on any atom is -0.296 e. The summed E-state index contributed by atoms with van der Waals surface area (Å²) in [4.78, 5) is 15.9. The molecule has 1 fully saturated rings. The van der Waals surface area contributed by atoms with Gasteiger partial charge in [0.2, 0.25) is 5.13 Å². The lowest BCUT2D eigenvalue weighted by Crippen LogP contribution is -2.11. The first-order valence-corrected chi connectivity index (χ1v) is 7.69. The van der Waals surface area contributed by atoms with Gasteiger partial charge in [0.15, 0.2) is 0 Å². The summed E-state index contributed by atoms with van der Waals surface area (Å²) in [5.41, 5.74) is 0.578. The Morgan fingerprint density at radius 1 is 1.15 bits per heavy atom. The van der Waals surface area contributed by atoms with Crippen molar-refractivity contribution in [2.24, 2.45) is 0 Å². The van der Waals surface area contributed by atoms with Crippen molar-refractivity contribution < 1.29 is 4.79 Å². The van der Waals surface area contributed by atoms with E-state index in [0.717, 1.165) is 5.01 Å². The molecule has 0 bridgehead atoms. The number of pyridine rings is 1. The smallest absolute Gasteiger partial charge is 0.257 e. The molecule has 0 spiro atoms. The molecule has 1 N–H and O–H groups in total.